The first-order valence-electron chi connectivity index (χ1n) is 12.9. The van der Waals surface area contributed by atoms with E-state index in [9.17, 15) is 19.5 Å². The molecule has 1 aliphatic rings. The number of hydrogen-bond donors (Lipinski definition) is 5. The molecule has 220 valence electrons. The number of anilines is 1. The molecule has 6 N–H and O–H groups in total. The maximum atomic E-state index is 13.6. The van der Waals surface area contributed by atoms with Gasteiger partial charge in [0.25, 0.3) is 11.8 Å². The number of amidine groups is 1. The molecule has 0 bridgehead atoms. The number of methoxy groups -OCH3 is 1. The molecule has 0 radical (unpaired) electrons. The Morgan fingerprint density at radius 3 is 2.43 bits per heavy atom. The number of pyridine rings is 1. The Balaban J connectivity index is 0.00000484. The fourth-order valence-electron chi connectivity index (χ4n) is 4.09. The van der Waals surface area contributed by atoms with E-state index in [0.717, 1.165) is 12.8 Å². The van der Waals surface area contributed by atoms with Crippen molar-refractivity contribution in [2.24, 2.45) is 11.7 Å². The SMILES string of the molecule is C=Cc1cc(C(=O)Nc2ccc(C(=N)N)cc2)c(-c2ccc(C(=O)NCC3CC3)nc2C(=O)OCCO)cc1OC.Cl. The highest BCUT2D eigenvalue weighted by Crippen LogP contribution is 2.34. The molecule has 1 aliphatic carbocycles. The molecule has 2 amide bonds. The minimum absolute atomic E-state index is 0. The van der Waals surface area contributed by atoms with Gasteiger partial charge in [-0.05, 0) is 67.3 Å². The number of amides is 2. The molecule has 42 heavy (non-hydrogen) atoms. The zero-order chi connectivity index (χ0) is 29.5. The van der Waals surface area contributed by atoms with Gasteiger partial charge in [0.05, 0.1) is 13.7 Å². The number of ether oxygens (including phenoxy) is 2. The third-order valence-corrected chi connectivity index (χ3v) is 6.47. The lowest BCUT2D eigenvalue weighted by atomic mass is 9.94. The van der Waals surface area contributed by atoms with Gasteiger partial charge >= 0.3 is 5.97 Å². The molecule has 0 atom stereocenters. The Hall–Kier alpha value is -4.74. The van der Waals surface area contributed by atoms with Gasteiger partial charge < -0.3 is 30.9 Å². The maximum absolute atomic E-state index is 13.6. The molecule has 1 aromatic heterocycles. The molecule has 0 saturated heterocycles. The van der Waals surface area contributed by atoms with Crippen LogP contribution in [0, 0.1) is 11.3 Å². The molecule has 0 spiro atoms. The minimum atomic E-state index is -0.871. The summed E-state index contributed by atoms with van der Waals surface area (Å²) in [5.41, 5.74) is 7.49. The van der Waals surface area contributed by atoms with Crippen LogP contribution in [0.15, 0.2) is 55.1 Å². The molecule has 1 fully saturated rings. The van der Waals surface area contributed by atoms with E-state index >= 15 is 0 Å². The van der Waals surface area contributed by atoms with Gasteiger partial charge in [0, 0.05) is 40.0 Å². The first-order chi connectivity index (χ1) is 19.7. The van der Waals surface area contributed by atoms with Gasteiger partial charge in [-0.3, -0.25) is 15.0 Å². The van der Waals surface area contributed by atoms with Crippen LogP contribution < -0.4 is 21.1 Å². The molecule has 2 aromatic carbocycles. The summed E-state index contributed by atoms with van der Waals surface area (Å²) in [6.45, 7) is 3.64. The number of nitrogens with zero attached hydrogens (tertiary/aromatic N) is 1. The van der Waals surface area contributed by atoms with Gasteiger partial charge in [-0.15, -0.1) is 12.4 Å². The van der Waals surface area contributed by atoms with Crippen molar-refractivity contribution in [1.29, 1.82) is 5.41 Å². The largest absolute Gasteiger partial charge is 0.496 e. The molecule has 4 rings (SSSR count). The standard InChI is InChI=1S/C30H31N5O6.ClH/c1-3-18-14-23(28(37)34-20-8-6-19(7-9-20)27(31)32)22(15-25(18)40-2)21-10-11-24(29(38)33-16-17-4-5-17)35-26(21)30(39)41-13-12-36;/h3,6-11,14-15,17,36H,1,4-5,12-13,16H2,2H3,(H3,31,32)(H,33,38)(H,34,37);1H. The number of halogens is 1. The highest BCUT2D eigenvalue weighted by molar-refractivity contribution is 6.11. The number of nitrogens with two attached hydrogens (primary N) is 1. The molecule has 11 nitrogen and oxygen atoms in total. The van der Waals surface area contributed by atoms with Crippen LogP contribution in [0.3, 0.4) is 0 Å². The smallest absolute Gasteiger partial charge is 0.357 e. The van der Waals surface area contributed by atoms with Crippen LogP contribution in [0.25, 0.3) is 17.2 Å². The molecule has 3 aromatic rings. The summed E-state index contributed by atoms with van der Waals surface area (Å²) in [5, 5.41) is 22.4. The van der Waals surface area contributed by atoms with E-state index in [4.69, 9.17) is 20.6 Å². The third-order valence-electron chi connectivity index (χ3n) is 6.47. The highest BCUT2D eigenvalue weighted by atomic mass is 35.5. The number of hydrogen-bond acceptors (Lipinski definition) is 8. The van der Waals surface area contributed by atoms with Crippen LogP contribution in [0.1, 0.15) is 55.3 Å². The molecular weight excluding hydrogens is 562 g/mol. The van der Waals surface area contributed by atoms with Crippen LogP contribution in [-0.4, -0.2) is 60.6 Å². The van der Waals surface area contributed by atoms with Crippen molar-refractivity contribution in [3.05, 3.63) is 83.2 Å². The molecular formula is C30H32ClN5O6. The normalized spacial score (nSPS) is 12.0. The Bertz CT molecular complexity index is 1500. The van der Waals surface area contributed by atoms with Gasteiger partial charge in [-0.1, -0.05) is 12.7 Å². The van der Waals surface area contributed by atoms with Gasteiger partial charge in [0.1, 0.15) is 23.9 Å². The lowest BCUT2D eigenvalue weighted by molar-refractivity contribution is 0.0427. The lowest BCUT2D eigenvalue weighted by Crippen LogP contribution is -2.27. The Labute approximate surface area is 249 Å². The minimum Gasteiger partial charge on any atom is -0.496 e. The number of aliphatic hydroxyl groups is 1. The fourth-order valence-corrected chi connectivity index (χ4v) is 4.09. The quantitative estimate of drug-likeness (QED) is 0.120. The number of rotatable bonds is 12. The first kappa shape index (κ1) is 31.8. The molecule has 0 unspecified atom stereocenters. The van der Waals surface area contributed by atoms with Crippen molar-refractivity contribution in [3.63, 3.8) is 0 Å². The van der Waals surface area contributed by atoms with Crippen molar-refractivity contribution in [3.8, 4) is 16.9 Å². The number of carbonyl (C=O) groups is 3. The van der Waals surface area contributed by atoms with E-state index in [0.29, 0.717) is 40.6 Å². The summed E-state index contributed by atoms with van der Waals surface area (Å²) in [4.78, 5) is 43.7. The van der Waals surface area contributed by atoms with Crippen LogP contribution in [0.5, 0.6) is 5.75 Å². The van der Waals surface area contributed by atoms with Gasteiger partial charge in [0.15, 0.2) is 5.69 Å². The number of benzene rings is 2. The van der Waals surface area contributed by atoms with Crippen LogP contribution in [-0.2, 0) is 4.74 Å². The second kappa shape index (κ2) is 14.2. The number of esters is 1. The average molecular weight is 594 g/mol. The van der Waals surface area contributed by atoms with Crippen LogP contribution in [0.4, 0.5) is 5.69 Å². The van der Waals surface area contributed by atoms with E-state index in [2.05, 4.69) is 22.2 Å². The van der Waals surface area contributed by atoms with Gasteiger partial charge in [0.2, 0.25) is 0 Å². The summed E-state index contributed by atoms with van der Waals surface area (Å²) >= 11 is 0. The number of aromatic nitrogens is 1. The monoisotopic (exact) mass is 593 g/mol. The zero-order valence-corrected chi connectivity index (χ0v) is 23.8. The average Bonchev–Trinajstić information content (AvgIpc) is 3.82. The van der Waals surface area contributed by atoms with Crippen molar-refractivity contribution in [2.75, 3.05) is 32.2 Å². The summed E-state index contributed by atoms with van der Waals surface area (Å²) in [6, 6.07) is 12.6. The highest BCUT2D eigenvalue weighted by Gasteiger charge is 2.26. The van der Waals surface area contributed by atoms with E-state index in [1.807, 2.05) is 0 Å². The summed E-state index contributed by atoms with van der Waals surface area (Å²) in [5.74, 6) is -1.09. The van der Waals surface area contributed by atoms with Crippen LogP contribution in [0.2, 0.25) is 0 Å². The summed E-state index contributed by atoms with van der Waals surface area (Å²) < 4.78 is 10.7. The fraction of sp³-hybridized carbons (Fsp3) is 0.233. The second-order valence-electron chi connectivity index (χ2n) is 9.39. The van der Waals surface area contributed by atoms with Crippen molar-refractivity contribution >= 4 is 47.8 Å². The Kier molecular flexibility index (Phi) is 10.8. The topological polar surface area (TPSA) is 177 Å². The number of aliphatic hydroxyl groups excluding tert-OH is 1. The Morgan fingerprint density at radius 1 is 1.12 bits per heavy atom. The van der Waals surface area contributed by atoms with E-state index in [-0.39, 0.29) is 47.4 Å². The Morgan fingerprint density at radius 2 is 1.83 bits per heavy atom. The number of nitrogen functional groups attached to an aromatic ring is 1. The first-order valence-corrected chi connectivity index (χ1v) is 12.9. The van der Waals surface area contributed by atoms with Crippen molar-refractivity contribution < 1.29 is 29.0 Å². The predicted octanol–water partition coefficient (Wildman–Crippen LogP) is 3.65. The summed E-state index contributed by atoms with van der Waals surface area (Å²) in [7, 11) is 1.46. The number of carbonyl (C=O) groups excluding carboxylic acids is 3. The van der Waals surface area contributed by atoms with E-state index < -0.39 is 24.4 Å². The number of nitrogens with one attached hydrogen (secondary N) is 3. The van der Waals surface area contributed by atoms with E-state index in [1.54, 1.807) is 36.4 Å². The van der Waals surface area contributed by atoms with Crippen molar-refractivity contribution in [1.82, 2.24) is 10.3 Å². The molecule has 12 heteroatoms. The van der Waals surface area contributed by atoms with Crippen LogP contribution >= 0.6 is 12.4 Å². The summed E-state index contributed by atoms with van der Waals surface area (Å²) in [6.07, 6.45) is 3.64. The van der Waals surface area contributed by atoms with E-state index in [1.165, 1.54) is 25.3 Å². The van der Waals surface area contributed by atoms with Crippen molar-refractivity contribution in [2.45, 2.75) is 12.8 Å². The maximum Gasteiger partial charge on any atom is 0.357 e. The molecule has 1 saturated carbocycles. The van der Waals surface area contributed by atoms with Gasteiger partial charge in [-0.25, -0.2) is 9.78 Å². The molecule has 0 aliphatic heterocycles. The predicted molar refractivity (Wildman–Crippen MR) is 161 cm³/mol. The lowest BCUT2D eigenvalue weighted by Gasteiger charge is -2.17. The third kappa shape index (κ3) is 7.50. The second-order valence-corrected chi connectivity index (χ2v) is 9.39. The zero-order valence-electron chi connectivity index (χ0n) is 22.9. The molecule has 1 heterocycles. The van der Waals surface area contributed by atoms with Gasteiger partial charge in [-0.2, -0.15) is 0 Å².